The normalized spacial score (nSPS) is 13.1. The van der Waals surface area contributed by atoms with Crippen LogP contribution in [0.1, 0.15) is 33.1 Å². The average Bonchev–Trinajstić information content (AvgIpc) is 2.95. The van der Waals surface area contributed by atoms with Crippen LogP contribution in [0.4, 0.5) is 0 Å². The molecule has 186 valence electrons. The van der Waals surface area contributed by atoms with Crippen molar-refractivity contribution in [1.82, 2.24) is 0 Å². The predicted octanol–water partition coefficient (Wildman–Crippen LogP) is 7.31. The van der Waals surface area contributed by atoms with Gasteiger partial charge >= 0.3 is 0 Å². The Morgan fingerprint density at radius 2 is 0.944 bits per heavy atom. The summed E-state index contributed by atoms with van der Waals surface area (Å²) in [5, 5.41) is 5.01. The molecule has 0 aliphatic carbocycles. The molecule has 0 aliphatic rings. The monoisotopic (exact) mass is 514 g/mol. The van der Waals surface area contributed by atoms with Crippen molar-refractivity contribution in [3.8, 4) is 0 Å². The third-order valence-corrected chi connectivity index (χ3v) is 10.2. The smallest absolute Gasteiger partial charge is 0.0921 e. The molecular weight excluding hydrogens is 478 g/mol. The molecule has 4 rings (SSSR count). The predicted molar refractivity (Wildman–Crippen MR) is 158 cm³/mol. The van der Waals surface area contributed by atoms with Crippen molar-refractivity contribution in [2.45, 2.75) is 39.2 Å². The first-order valence-electron chi connectivity index (χ1n) is 12.9. The first kappa shape index (κ1) is 26.7. The molecule has 2 atom stereocenters. The summed E-state index contributed by atoms with van der Waals surface area (Å²) in [5.74, 6) is 0.319. The SMILES string of the molecule is CCCC(OP(c1ccccc1)c1ccccc1)C(CC)COP(c1ccccc1)c1ccccc1. The molecule has 0 fully saturated rings. The Kier molecular flexibility index (Phi) is 10.7. The first-order valence-corrected chi connectivity index (χ1v) is 15.4. The van der Waals surface area contributed by atoms with Crippen LogP contribution in [0.5, 0.6) is 0 Å². The molecule has 0 radical (unpaired) electrons. The lowest BCUT2D eigenvalue weighted by atomic mass is 9.97. The summed E-state index contributed by atoms with van der Waals surface area (Å²) in [4.78, 5) is 0. The summed E-state index contributed by atoms with van der Waals surface area (Å²) in [6, 6.07) is 42.7. The molecule has 0 saturated heterocycles. The number of rotatable bonds is 13. The molecule has 36 heavy (non-hydrogen) atoms. The molecule has 2 nitrogen and oxygen atoms in total. The fourth-order valence-corrected chi connectivity index (χ4v) is 8.07. The van der Waals surface area contributed by atoms with Crippen molar-refractivity contribution in [2.75, 3.05) is 6.61 Å². The van der Waals surface area contributed by atoms with E-state index in [1.54, 1.807) is 0 Å². The van der Waals surface area contributed by atoms with E-state index >= 15 is 0 Å². The highest BCUT2D eigenvalue weighted by Gasteiger charge is 2.28. The molecule has 4 aromatic rings. The van der Waals surface area contributed by atoms with Crippen LogP contribution in [-0.2, 0) is 9.05 Å². The molecular formula is C32H36O2P2. The van der Waals surface area contributed by atoms with Crippen LogP contribution in [0, 0.1) is 5.92 Å². The summed E-state index contributed by atoms with van der Waals surface area (Å²) in [5.41, 5.74) is 0. The van der Waals surface area contributed by atoms with Gasteiger partial charge in [-0.1, -0.05) is 142 Å². The van der Waals surface area contributed by atoms with E-state index in [-0.39, 0.29) is 6.10 Å². The second kappa shape index (κ2) is 14.4. The zero-order chi connectivity index (χ0) is 25.0. The van der Waals surface area contributed by atoms with Gasteiger partial charge in [-0.05, 0) is 12.8 Å². The second-order valence-electron chi connectivity index (χ2n) is 8.83. The lowest BCUT2D eigenvalue weighted by molar-refractivity contribution is 0.104. The maximum absolute atomic E-state index is 7.05. The minimum absolute atomic E-state index is 0.134. The maximum Gasteiger partial charge on any atom is 0.0921 e. The van der Waals surface area contributed by atoms with E-state index in [0.29, 0.717) is 12.5 Å². The summed E-state index contributed by atoms with van der Waals surface area (Å²) >= 11 is 0. The summed E-state index contributed by atoms with van der Waals surface area (Å²) in [6.07, 6.45) is 3.26. The fourth-order valence-electron chi connectivity index (χ4n) is 4.28. The van der Waals surface area contributed by atoms with E-state index in [1.165, 1.54) is 21.2 Å². The van der Waals surface area contributed by atoms with Crippen molar-refractivity contribution >= 4 is 37.5 Å². The van der Waals surface area contributed by atoms with E-state index in [1.807, 2.05) is 0 Å². The van der Waals surface area contributed by atoms with Crippen molar-refractivity contribution in [2.24, 2.45) is 5.92 Å². The third-order valence-electron chi connectivity index (χ3n) is 6.24. The zero-order valence-electron chi connectivity index (χ0n) is 21.2. The highest BCUT2D eigenvalue weighted by atomic mass is 31.1. The standard InChI is InChI=1S/C32H36O2P2/c1-3-17-32(34-36(30-22-13-7-14-23-30)31-24-15-8-16-25-31)27(4-2)26-33-35(28-18-9-5-10-19-28)29-20-11-6-12-21-29/h5-16,18-25,27,32H,3-4,17,26H2,1-2H3. The van der Waals surface area contributed by atoms with Crippen molar-refractivity contribution < 1.29 is 9.05 Å². The molecule has 2 unspecified atom stereocenters. The van der Waals surface area contributed by atoms with Gasteiger partial charge in [0.15, 0.2) is 0 Å². The van der Waals surface area contributed by atoms with Gasteiger partial charge in [-0.3, -0.25) is 0 Å². The average molecular weight is 515 g/mol. The van der Waals surface area contributed by atoms with Crippen molar-refractivity contribution in [1.29, 1.82) is 0 Å². The highest BCUT2D eigenvalue weighted by molar-refractivity contribution is 7.68. The van der Waals surface area contributed by atoms with Crippen molar-refractivity contribution in [3.05, 3.63) is 121 Å². The van der Waals surface area contributed by atoms with Gasteiger partial charge in [-0.15, -0.1) is 0 Å². The maximum atomic E-state index is 7.05. The van der Waals surface area contributed by atoms with Crippen LogP contribution < -0.4 is 21.2 Å². The zero-order valence-corrected chi connectivity index (χ0v) is 23.0. The molecule has 0 amide bonds. The lowest BCUT2D eigenvalue weighted by Crippen LogP contribution is -2.29. The van der Waals surface area contributed by atoms with Gasteiger partial charge in [0.05, 0.1) is 29.0 Å². The topological polar surface area (TPSA) is 18.5 Å². The van der Waals surface area contributed by atoms with Gasteiger partial charge in [0.25, 0.3) is 0 Å². The molecule has 0 bridgehead atoms. The molecule has 4 heteroatoms. The second-order valence-corrected chi connectivity index (χ2v) is 12.5. The molecule has 0 spiro atoms. The molecule has 0 N–H and O–H groups in total. The number of benzene rings is 4. The van der Waals surface area contributed by atoms with E-state index in [2.05, 4.69) is 135 Å². The molecule has 0 heterocycles. The Bertz CT molecular complexity index is 1040. The Hall–Kier alpha value is -2.34. The largest absolute Gasteiger partial charge is 0.349 e. The Balaban J connectivity index is 1.56. The van der Waals surface area contributed by atoms with Crippen LogP contribution in [0.25, 0.3) is 0 Å². The molecule has 0 aromatic heterocycles. The summed E-state index contributed by atoms with van der Waals surface area (Å²) < 4.78 is 13.8. The molecule has 0 aliphatic heterocycles. The third kappa shape index (κ3) is 7.34. The van der Waals surface area contributed by atoms with E-state index in [9.17, 15) is 0 Å². The van der Waals surface area contributed by atoms with Gasteiger partial charge < -0.3 is 9.05 Å². The van der Waals surface area contributed by atoms with Crippen LogP contribution in [-0.4, -0.2) is 12.7 Å². The van der Waals surface area contributed by atoms with E-state index in [0.717, 1.165) is 19.3 Å². The highest BCUT2D eigenvalue weighted by Crippen LogP contribution is 2.41. The van der Waals surface area contributed by atoms with Crippen LogP contribution in [0.15, 0.2) is 121 Å². The van der Waals surface area contributed by atoms with Crippen LogP contribution in [0.2, 0.25) is 0 Å². The quantitative estimate of drug-likeness (QED) is 0.174. The minimum Gasteiger partial charge on any atom is -0.349 e. The van der Waals surface area contributed by atoms with Gasteiger partial charge in [0.1, 0.15) is 0 Å². The lowest BCUT2D eigenvalue weighted by Gasteiger charge is -2.32. The first-order chi connectivity index (χ1) is 17.8. The van der Waals surface area contributed by atoms with Gasteiger partial charge in [0, 0.05) is 27.1 Å². The fraction of sp³-hybridized carbons (Fsp3) is 0.250. The Morgan fingerprint density at radius 3 is 1.31 bits per heavy atom. The van der Waals surface area contributed by atoms with Crippen LogP contribution >= 0.6 is 16.3 Å². The Labute approximate surface area is 219 Å². The summed E-state index contributed by atoms with van der Waals surface area (Å²) in [7, 11) is -1.79. The van der Waals surface area contributed by atoms with Gasteiger partial charge in [0.2, 0.25) is 0 Å². The van der Waals surface area contributed by atoms with Gasteiger partial charge in [-0.25, -0.2) is 0 Å². The van der Waals surface area contributed by atoms with Crippen LogP contribution in [0.3, 0.4) is 0 Å². The summed E-state index contributed by atoms with van der Waals surface area (Å²) in [6.45, 7) is 5.20. The van der Waals surface area contributed by atoms with E-state index in [4.69, 9.17) is 9.05 Å². The Morgan fingerprint density at radius 1 is 0.556 bits per heavy atom. The number of hydrogen-bond donors (Lipinski definition) is 0. The number of hydrogen-bond acceptors (Lipinski definition) is 2. The van der Waals surface area contributed by atoms with Crippen molar-refractivity contribution in [3.63, 3.8) is 0 Å². The van der Waals surface area contributed by atoms with Gasteiger partial charge in [-0.2, -0.15) is 0 Å². The molecule has 4 aromatic carbocycles. The minimum atomic E-state index is -0.904. The molecule has 0 saturated carbocycles. The van der Waals surface area contributed by atoms with E-state index < -0.39 is 16.3 Å².